The summed E-state index contributed by atoms with van der Waals surface area (Å²) in [5.41, 5.74) is 8.78. The van der Waals surface area contributed by atoms with Gasteiger partial charge in [0.2, 0.25) is 0 Å². The Morgan fingerprint density at radius 1 is 1.06 bits per heavy atom. The second-order valence-corrected chi connectivity index (χ2v) is 10.0. The van der Waals surface area contributed by atoms with Crippen molar-refractivity contribution in [2.75, 3.05) is 12.9 Å². The van der Waals surface area contributed by atoms with E-state index in [1.54, 1.807) is 18.9 Å². The number of methoxy groups -OCH3 is 1. The molecule has 0 bridgehead atoms. The minimum absolute atomic E-state index is 0.0260. The predicted octanol–water partition coefficient (Wildman–Crippen LogP) is 6.71. The third-order valence-electron chi connectivity index (χ3n) is 6.79. The molecule has 3 aromatic carbocycles. The molecule has 1 aliphatic carbocycles. The summed E-state index contributed by atoms with van der Waals surface area (Å²) in [5, 5.41) is 9.16. The molecule has 2 aliphatic rings. The highest BCUT2D eigenvalue weighted by atomic mass is 32.2. The molecule has 5 heteroatoms. The van der Waals surface area contributed by atoms with Crippen LogP contribution < -0.4 is 9.47 Å². The lowest BCUT2D eigenvalue weighted by Gasteiger charge is -2.18. The maximum atomic E-state index is 11.1. The molecular weight excluding hydrogens is 432 g/mol. The maximum Gasteiger partial charge on any atom is 0.303 e. The number of ether oxygens (including phenoxy) is 2. The fraction of sp³-hybridized carbons (Fsp3) is 0.321. The van der Waals surface area contributed by atoms with E-state index in [1.165, 1.54) is 33.4 Å². The molecular formula is C28H28O4S. The van der Waals surface area contributed by atoms with E-state index in [2.05, 4.69) is 56.3 Å². The van der Waals surface area contributed by atoms with Gasteiger partial charge in [-0.3, -0.25) is 4.79 Å². The first-order valence-corrected chi connectivity index (χ1v) is 12.4. The van der Waals surface area contributed by atoms with Crippen LogP contribution in [-0.2, 0) is 11.2 Å². The summed E-state index contributed by atoms with van der Waals surface area (Å²) in [7, 11) is 1.71. The van der Waals surface area contributed by atoms with E-state index in [0.717, 1.165) is 40.6 Å². The first-order valence-electron chi connectivity index (χ1n) is 11.4. The normalized spacial score (nSPS) is 18.6. The van der Waals surface area contributed by atoms with Gasteiger partial charge in [0.15, 0.2) is 0 Å². The van der Waals surface area contributed by atoms with E-state index in [0.29, 0.717) is 0 Å². The van der Waals surface area contributed by atoms with Gasteiger partial charge in [-0.25, -0.2) is 0 Å². The second kappa shape index (κ2) is 8.79. The molecule has 2 atom stereocenters. The van der Waals surface area contributed by atoms with Crippen LogP contribution in [0.25, 0.3) is 11.1 Å². The van der Waals surface area contributed by atoms with Crippen molar-refractivity contribution < 1.29 is 19.4 Å². The third kappa shape index (κ3) is 4.10. The van der Waals surface area contributed by atoms with Crippen molar-refractivity contribution in [2.45, 2.75) is 50.0 Å². The molecule has 0 spiro atoms. The Balaban J connectivity index is 1.42. The number of carboxylic acid groups (broad SMARTS) is 1. The van der Waals surface area contributed by atoms with Crippen LogP contribution in [0.5, 0.6) is 11.5 Å². The van der Waals surface area contributed by atoms with E-state index >= 15 is 0 Å². The first kappa shape index (κ1) is 21.9. The molecule has 0 amide bonds. The fourth-order valence-electron chi connectivity index (χ4n) is 5.31. The standard InChI is InChI=1S/C28H28O4S/c1-16-11-20(31-3)12-17(2)28(16)24-6-4-5-23-22(24)9-10-25(23)32-19-7-8-21-18(13-27(29)30)15-33-26(21)14-19/h4-8,11-12,14,18,25H,9-10,13,15H2,1-3H3,(H,29,30)/t18-,25?/m1/s1. The number of carboxylic acids is 1. The highest BCUT2D eigenvalue weighted by Gasteiger charge is 2.29. The summed E-state index contributed by atoms with van der Waals surface area (Å²) in [4.78, 5) is 12.3. The molecule has 170 valence electrons. The first-order chi connectivity index (χ1) is 15.9. The number of aryl methyl sites for hydroxylation is 2. The van der Waals surface area contributed by atoms with Crippen LogP contribution in [0.3, 0.4) is 0 Å². The van der Waals surface area contributed by atoms with Crippen LogP contribution in [0.4, 0.5) is 0 Å². The summed E-state index contributed by atoms with van der Waals surface area (Å²) in [6, 6.07) is 16.9. The molecule has 1 unspecified atom stereocenters. The quantitative estimate of drug-likeness (QED) is 0.443. The van der Waals surface area contributed by atoms with Crippen LogP contribution in [0.15, 0.2) is 53.4 Å². The molecule has 1 N–H and O–H groups in total. The maximum absolute atomic E-state index is 11.1. The van der Waals surface area contributed by atoms with E-state index in [9.17, 15) is 4.79 Å². The van der Waals surface area contributed by atoms with Crippen LogP contribution in [-0.4, -0.2) is 23.9 Å². The van der Waals surface area contributed by atoms with Crippen molar-refractivity contribution in [3.05, 3.63) is 76.3 Å². The van der Waals surface area contributed by atoms with Crippen LogP contribution in [0.1, 0.15) is 52.7 Å². The molecule has 0 aromatic heterocycles. The Morgan fingerprint density at radius 2 is 1.85 bits per heavy atom. The lowest BCUT2D eigenvalue weighted by Crippen LogP contribution is -2.06. The van der Waals surface area contributed by atoms with E-state index in [-0.39, 0.29) is 18.4 Å². The number of hydrogen-bond donors (Lipinski definition) is 1. The van der Waals surface area contributed by atoms with Crippen molar-refractivity contribution in [3.8, 4) is 22.6 Å². The second-order valence-electron chi connectivity index (χ2n) is 8.96. The zero-order valence-electron chi connectivity index (χ0n) is 19.2. The molecule has 1 aliphatic heterocycles. The van der Waals surface area contributed by atoms with Crippen molar-refractivity contribution in [3.63, 3.8) is 0 Å². The lowest BCUT2D eigenvalue weighted by molar-refractivity contribution is -0.137. The van der Waals surface area contributed by atoms with Gasteiger partial charge in [-0.2, -0.15) is 0 Å². The zero-order valence-corrected chi connectivity index (χ0v) is 20.0. The molecule has 4 nitrogen and oxygen atoms in total. The van der Waals surface area contributed by atoms with Gasteiger partial charge in [0, 0.05) is 16.6 Å². The number of rotatable bonds is 6. The van der Waals surface area contributed by atoms with Crippen LogP contribution >= 0.6 is 11.8 Å². The van der Waals surface area contributed by atoms with Crippen LogP contribution in [0.2, 0.25) is 0 Å². The van der Waals surface area contributed by atoms with Crippen molar-refractivity contribution >= 4 is 17.7 Å². The largest absolute Gasteiger partial charge is 0.497 e. The SMILES string of the molecule is COc1cc(C)c(-c2cccc3c2CCC3Oc2ccc3c(c2)SC[C@H]3CC(=O)O)c(C)c1. The number of hydrogen-bond acceptors (Lipinski definition) is 4. The lowest BCUT2D eigenvalue weighted by atomic mass is 9.90. The van der Waals surface area contributed by atoms with E-state index in [4.69, 9.17) is 14.6 Å². The van der Waals surface area contributed by atoms with Crippen LogP contribution in [0, 0.1) is 13.8 Å². The molecule has 5 rings (SSSR count). The summed E-state index contributed by atoms with van der Waals surface area (Å²) in [6.07, 6.45) is 2.15. The number of benzene rings is 3. The summed E-state index contributed by atoms with van der Waals surface area (Å²) in [5.74, 6) is 1.91. The van der Waals surface area contributed by atoms with Gasteiger partial charge in [-0.15, -0.1) is 11.8 Å². The number of thioether (sulfide) groups is 1. The number of aliphatic carboxylic acids is 1. The Hall–Kier alpha value is -2.92. The molecule has 33 heavy (non-hydrogen) atoms. The number of fused-ring (bicyclic) bond motifs is 2. The van der Waals surface area contributed by atoms with Crippen molar-refractivity contribution in [1.82, 2.24) is 0 Å². The predicted molar refractivity (Wildman–Crippen MR) is 132 cm³/mol. The third-order valence-corrected chi connectivity index (χ3v) is 8.02. The van der Waals surface area contributed by atoms with Gasteiger partial charge in [0.1, 0.15) is 17.6 Å². The Labute approximate surface area is 198 Å². The highest BCUT2D eigenvalue weighted by Crippen LogP contribution is 2.45. The highest BCUT2D eigenvalue weighted by molar-refractivity contribution is 7.99. The number of carbonyl (C=O) groups is 1. The zero-order chi connectivity index (χ0) is 23.1. The van der Waals surface area contributed by atoms with Gasteiger partial charge in [0.25, 0.3) is 0 Å². The topological polar surface area (TPSA) is 55.8 Å². The summed E-state index contributed by atoms with van der Waals surface area (Å²) >= 11 is 1.73. The van der Waals surface area contributed by atoms with Gasteiger partial charge < -0.3 is 14.6 Å². The van der Waals surface area contributed by atoms with Gasteiger partial charge in [-0.05, 0) is 89.9 Å². The minimum Gasteiger partial charge on any atom is -0.497 e. The van der Waals surface area contributed by atoms with E-state index < -0.39 is 5.97 Å². The molecule has 0 saturated heterocycles. The fourth-order valence-corrected chi connectivity index (χ4v) is 6.59. The van der Waals surface area contributed by atoms with Gasteiger partial charge >= 0.3 is 5.97 Å². The summed E-state index contributed by atoms with van der Waals surface area (Å²) < 4.78 is 11.9. The van der Waals surface area contributed by atoms with Gasteiger partial charge in [-0.1, -0.05) is 24.3 Å². The summed E-state index contributed by atoms with van der Waals surface area (Å²) in [6.45, 7) is 4.29. The monoisotopic (exact) mass is 460 g/mol. The Bertz CT molecular complexity index is 1210. The molecule has 0 fully saturated rings. The smallest absolute Gasteiger partial charge is 0.303 e. The molecule has 1 heterocycles. The molecule has 3 aromatic rings. The Morgan fingerprint density at radius 3 is 2.58 bits per heavy atom. The average molecular weight is 461 g/mol. The molecule has 0 saturated carbocycles. The molecule has 0 radical (unpaired) electrons. The average Bonchev–Trinajstić information content (AvgIpc) is 3.37. The van der Waals surface area contributed by atoms with Crippen molar-refractivity contribution in [2.24, 2.45) is 0 Å². The minimum atomic E-state index is -0.741. The van der Waals surface area contributed by atoms with E-state index in [1.807, 2.05) is 6.07 Å². The van der Waals surface area contributed by atoms with Gasteiger partial charge in [0.05, 0.1) is 13.5 Å². The Kier molecular flexibility index (Phi) is 5.83. The van der Waals surface area contributed by atoms with Crippen molar-refractivity contribution in [1.29, 1.82) is 0 Å².